The molecule has 2 nitrogen and oxygen atoms in total. The molecule has 0 N–H and O–H groups in total. The molecule has 0 saturated carbocycles. The first-order valence-corrected chi connectivity index (χ1v) is 4.91. The summed E-state index contributed by atoms with van der Waals surface area (Å²) in [6, 6.07) is 0. The zero-order valence-electron chi connectivity index (χ0n) is 7.13. The van der Waals surface area contributed by atoms with Crippen molar-refractivity contribution in [2.45, 2.75) is 0 Å². The van der Waals surface area contributed by atoms with Gasteiger partial charge in [-0.25, -0.2) is 0 Å². The van der Waals surface area contributed by atoms with Crippen LogP contribution in [0.25, 0.3) is 0 Å². The van der Waals surface area contributed by atoms with E-state index >= 15 is 0 Å². The number of thioether (sulfide) groups is 1. The van der Waals surface area contributed by atoms with Crippen LogP contribution in [0.3, 0.4) is 0 Å². The third-order valence-electron chi connectivity index (χ3n) is 1.84. The SMILES string of the molecule is C[N+](C)(C)N1CCSCC1. The molecule has 10 heavy (non-hydrogen) atoms. The lowest BCUT2D eigenvalue weighted by Gasteiger charge is -2.38. The Morgan fingerprint density at radius 2 is 1.60 bits per heavy atom. The zero-order chi connectivity index (χ0) is 7.61. The van der Waals surface area contributed by atoms with Crippen LogP contribution in [0.15, 0.2) is 0 Å². The molecule has 1 fully saturated rings. The molecule has 60 valence electrons. The summed E-state index contributed by atoms with van der Waals surface area (Å²) in [6.45, 7) is 2.49. The van der Waals surface area contributed by atoms with Crippen molar-refractivity contribution < 1.29 is 4.59 Å². The van der Waals surface area contributed by atoms with E-state index in [1.165, 1.54) is 24.6 Å². The minimum absolute atomic E-state index is 0.987. The molecule has 0 spiro atoms. The topological polar surface area (TPSA) is 3.24 Å². The summed E-state index contributed by atoms with van der Waals surface area (Å²) in [7, 11) is 6.70. The lowest BCUT2D eigenvalue weighted by Crippen LogP contribution is -2.54. The molecular formula is C7H17N2S+. The van der Waals surface area contributed by atoms with Gasteiger partial charge in [-0.3, -0.25) is 4.59 Å². The van der Waals surface area contributed by atoms with Crippen LogP contribution in [0, 0.1) is 0 Å². The highest BCUT2D eigenvalue weighted by Crippen LogP contribution is 2.12. The van der Waals surface area contributed by atoms with Crippen LogP contribution in [0.1, 0.15) is 0 Å². The Morgan fingerprint density at radius 3 is 1.90 bits per heavy atom. The predicted molar refractivity (Wildman–Crippen MR) is 46.9 cm³/mol. The van der Waals surface area contributed by atoms with Gasteiger partial charge in [0.05, 0.1) is 34.2 Å². The molecule has 0 radical (unpaired) electrons. The van der Waals surface area contributed by atoms with Crippen LogP contribution in [-0.4, -0.2) is 55.3 Å². The molecule has 1 aliphatic heterocycles. The van der Waals surface area contributed by atoms with Gasteiger partial charge >= 0.3 is 0 Å². The van der Waals surface area contributed by atoms with Crippen LogP contribution in [-0.2, 0) is 0 Å². The molecule has 0 unspecified atom stereocenters. The van der Waals surface area contributed by atoms with Gasteiger partial charge in [0.15, 0.2) is 0 Å². The third kappa shape index (κ3) is 2.15. The third-order valence-corrected chi connectivity index (χ3v) is 2.78. The molecule has 0 atom stereocenters. The molecule has 0 bridgehead atoms. The van der Waals surface area contributed by atoms with Crippen LogP contribution in [0.5, 0.6) is 0 Å². The highest BCUT2D eigenvalue weighted by molar-refractivity contribution is 7.99. The molecule has 0 aromatic heterocycles. The minimum atomic E-state index is 0.987. The molecule has 0 aliphatic carbocycles. The van der Waals surface area contributed by atoms with Crippen molar-refractivity contribution in [3.8, 4) is 0 Å². The summed E-state index contributed by atoms with van der Waals surface area (Å²) in [5.41, 5.74) is 0. The van der Waals surface area contributed by atoms with Gasteiger partial charge in [0.1, 0.15) is 0 Å². The summed E-state index contributed by atoms with van der Waals surface area (Å²) in [6.07, 6.45) is 0. The molecule has 0 aromatic carbocycles. The van der Waals surface area contributed by atoms with Gasteiger partial charge in [0.2, 0.25) is 0 Å². The van der Waals surface area contributed by atoms with Crippen LogP contribution < -0.4 is 0 Å². The summed E-state index contributed by atoms with van der Waals surface area (Å²) in [5.74, 6) is 2.60. The summed E-state index contributed by atoms with van der Waals surface area (Å²) in [5, 5.41) is 2.50. The molecule has 1 rings (SSSR count). The Morgan fingerprint density at radius 1 is 1.10 bits per heavy atom. The maximum atomic E-state index is 2.50. The van der Waals surface area contributed by atoms with Crippen LogP contribution in [0.2, 0.25) is 0 Å². The standard InChI is InChI=1S/C7H17N2S/c1-9(2,3)8-4-6-10-7-5-8/h4-7H2,1-3H3/q+1. The van der Waals surface area contributed by atoms with E-state index in [0.29, 0.717) is 0 Å². The molecule has 1 heterocycles. The summed E-state index contributed by atoms with van der Waals surface area (Å²) >= 11 is 2.06. The molecular weight excluding hydrogens is 144 g/mol. The van der Waals surface area contributed by atoms with Gasteiger partial charge in [-0.2, -0.15) is 16.8 Å². The quantitative estimate of drug-likeness (QED) is 0.520. The van der Waals surface area contributed by atoms with E-state index in [2.05, 4.69) is 37.9 Å². The second-order valence-electron chi connectivity index (χ2n) is 3.51. The number of nitrogens with zero attached hydrogens (tertiary/aromatic N) is 2. The molecule has 0 aromatic rings. The monoisotopic (exact) mass is 161 g/mol. The highest BCUT2D eigenvalue weighted by atomic mass is 32.2. The van der Waals surface area contributed by atoms with Crippen molar-refractivity contribution in [2.75, 3.05) is 45.7 Å². The smallest absolute Gasteiger partial charge is 0.0855 e. The molecule has 0 amide bonds. The van der Waals surface area contributed by atoms with Gasteiger partial charge in [0, 0.05) is 11.5 Å². The minimum Gasteiger partial charge on any atom is -0.250 e. The van der Waals surface area contributed by atoms with E-state index in [1.807, 2.05) is 0 Å². The second-order valence-corrected chi connectivity index (χ2v) is 4.73. The predicted octanol–water partition coefficient (Wildman–Crippen LogP) is 0.656. The Bertz CT molecular complexity index is 103. The lowest BCUT2D eigenvalue weighted by molar-refractivity contribution is -0.986. The maximum Gasteiger partial charge on any atom is 0.0855 e. The Balaban J connectivity index is 2.39. The Hall–Kier alpha value is 0.270. The van der Waals surface area contributed by atoms with E-state index in [9.17, 15) is 0 Å². The fraction of sp³-hybridized carbons (Fsp3) is 1.00. The molecule has 1 saturated heterocycles. The van der Waals surface area contributed by atoms with E-state index in [-0.39, 0.29) is 0 Å². The van der Waals surface area contributed by atoms with Crippen molar-refractivity contribution in [1.82, 2.24) is 5.01 Å². The van der Waals surface area contributed by atoms with Gasteiger partial charge in [-0.05, 0) is 0 Å². The van der Waals surface area contributed by atoms with Gasteiger partial charge < -0.3 is 0 Å². The van der Waals surface area contributed by atoms with E-state index in [1.54, 1.807) is 0 Å². The van der Waals surface area contributed by atoms with Crippen molar-refractivity contribution in [3.63, 3.8) is 0 Å². The average molecular weight is 161 g/mol. The van der Waals surface area contributed by atoms with E-state index in [0.717, 1.165) is 4.59 Å². The van der Waals surface area contributed by atoms with Gasteiger partial charge in [-0.15, -0.1) is 0 Å². The largest absolute Gasteiger partial charge is 0.250 e. The highest BCUT2D eigenvalue weighted by Gasteiger charge is 2.22. The number of rotatable bonds is 1. The first kappa shape index (κ1) is 8.37. The Kier molecular flexibility index (Phi) is 2.61. The van der Waals surface area contributed by atoms with Crippen molar-refractivity contribution in [1.29, 1.82) is 0 Å². The summed E-state index contributed by atoms with van der Waals surface area (Å²) in [4.78, 5) is 0. The number of hydrogen-bond donors (Lipinski definition) is 0. The van der Waals surface area contributed by atoms with E-state index in [4.69, 9.17) is 0 Å². The number of hydrogen-bond acceptors (Lipinski definition) is 2. The lowest BCUT2D eigenvalue weighted by atomic mass is 10.6. The molecule has 1 aliphatic rings. The number of quaternary nitrogens is 1. The first-order chi connectivity index (χ1) is 4.61. The normalized spacial score (nSPS) is 23.1. The second kappa shape index (κ2) is 3.11. The van der Waals surface area contributed by atoms with Gasteiger partial charge in [0.25, 0.3) is 0 Å². The van der Waals surface area contributed by atoms with Crippen molar-refractivity contribution in [3.05, 3.63) is 0 Å². The zero-order valence-corrected chi connectivity index (χ0v) is 7.95. The van der Waals surface area contributed by atoms with E-state index < -0.39 is 0 Å². The maximum absolute atomic E-state index is 2.50. The van der Waals surface area contributed by atoms with Gasteiger partial charge in [-0.1, -0.05) is 0 Å². The summed E-state index contributed by atoms with van der Waals surface area (Å²) < 4.78 is 0.987. The van der Waals surface area contributed by atoms with Crippen LogP contribution >= 0.6 is 11.8 Å². The Labute approximate surface area is 67.7 Å². The fourth-order valence-electron chi connectivity index (χ4n) is 1.15. The van der Waals surface area contributed by atoms with Crippen LogP contribution in [0.4, 0.5) is 0 Å². The van der Waals surface area contributed by atoms with Crippen molar-refractivity contribution >= 4 is 11.8 Å². The average Bonchev–Trinajstić information content (AvgIpc) is 1.88. The first-order valence-electron chi connectivity index (χ1n) is 3.75. The molecule has 3 heteroatoms. The fourth-order valence-corrected chi connectivity index (χ4v) is 2.04. The van der Waals surface area contributed by atoms with Crippen molar-refractivity contribution in [2.24, 2.45) is 0 Å².